The minimum Gasteiger partial charge on any atom is -0.383 e. The summed E-state index contributed by atoms with van der Waals surface area (Å²) in [6.07, 6.45) is 1.45. The van der Waals surface area contributed by atoms with Crippen molar-refractivity contribution in [3.05, 3.63) is 18.3 Å². The molecule has 0 aliphatic carbocycles. The Morgan fingerprint density at radius 1 is 1.17 bits per heavy atom. The van der Waals surface area contributed by atoms with E-state index in [1.807, 2.05) is 0 Å². The monoisotopic (exact) mass is 335 g/mol. The minimum absolute atomic E-state index is 0.0671. The lowest BCUT2D eigenvalue weighted by Crippen LogP contribution is -2.35. The number of nitrogens with zero attached hydrogens (tertiary/aromatic N) is 5. The number of aromatic nitrogens is 4. The van der Waals surface area contributed by atoms with Crippen molar-refractivity contribution in [2.45, 2.75) is 13.8 Å². The number of hydrogen-bond donors (Lipinski definition) is 2. The largest absolute Gasteiger partial charge is 0.383 e. The fourth-order valence-corrected chi connectivity index (χ4v) is 4.05. The van der Waals surface area contributed by atoms with Crippen molar-refractivity contribution < 1.29 is 8.42 Å². The Balaban J connectivity index is 2.33. The zero-order valence-electron chi connectivity index (χ0n) is 12.8. The Morgan fingerprint density at radius 2 is 1.87 bits per heavy atom. The van der Waals surface area contributed by atoms with Crippen molar-refractivity contribution in [2.75, 3.05) is 24.6 Å². The molecule has 0 aliphatic rings. The molecule has 0 fully saturated rings. The smallest absolute Gasteiger partial charge is 0.323 e. The number of nitrogens with two attached hydrogens (primary N) is 2. The van der Waals surface area contributed by atoms with Crippen LogP contribution in [-0.2, 0) is 10.2 Å². The predicted octanol–water partition coefficient (Wildman–Crippen LogP) is 0.579. The summed E-state index contributed by atoms with van der Waals surface area (Å²) in [4.78, 5) is 8.05. The lowest BCUT2D eigenvalue weighted by molar-refractivity contribution is 0.435. The highest BCUT2D eigenvalue weighted by Crippen LogP contribution is 2.29. The van der Waals surface area contributed by atoms with Gasteiger partial charge in [0.25, 0.3) is 0 Å². The highest BCUT2D eigenvalue weighted by Gasteiger charge is 2.24. The van der Waals surface area contributed by atoms with Gasteiger partial charge in [-0.05, 0) is 12.1 Å². The Bertz CT molecular complexity index is 992. The van der Waals surface area contributed by atoms with Gasteiger partial charge in [-0.15, -0.1) is 4.09 Å². The Morgan fingerprint density at radius 3 is 2.52 bits per heavy atom. The number of nitrogen functional groups attached to an aromatic ring is 2. The van der Waals surface area contributed by atoms with E-state index in [1.165, 1.54) is 10.5 Å². The van der Waals surface area contributed by atoms with Gasteiger partial charge in [0.05, 0.1) is 22.6 Å². The van der Waals surface area contributed by atoms with Gasteiger partial charge in [0.15, 0.2) is 0 Å². The summed E-state index contributed by atoms with van der Waals surface area (Å²) in [5, 5.41) is 5.15. The van der Waals surface area contributed by atoms with Crippen molar-refractivity contribution in [3.8, 4) is 0 Å². The fourth-order valence-electron chi connectivity index (χ4n) is 2.60. The molecule has 0 saturated carbocycles. The van der Waals surface area contributed by atoms with E-state index in [4.69, 9.17) is 11.5 Å². The molecule has 4 N–H and O–H groups in total. The second kappa shape index (κ2) is 5.32. The Hall–Kier alpha value is -2.46. The van der Waals surface area contributed by atoms with Crippen LogP contribution in [-0.4, -0.2) is 45.0 Å². The molecule has 0 amide bonds. The lowest BCUT2D eigenvalue weighted by atomic mass is 10.1. The maximum absolute atomic E-state index is 12.7. The van der Waals surface area contributed by atoms with Crippen LogP contribution in [0.2, 0.25) is 0 Å². The number of fused-ring (bicyclic) bond motifs is 3. The molecule has 122 valence electrons. The van der Waals surface area contributed by atoms with Gasteiger partial charge in [-0.3, -0.25) is 0 Å². The van der Waals surface area contributed by atoms with Crippen LogP contribution in [0, 0.1) is 0 Å². The van der Waals surface area contributed by atoms with Crippen LogP contribution >= 0.6 is 0 Å². The number of hydrogen-bond acceptors (Lipinski definition) is 7. The second-order valence-corrected chi connectivity index (χ2v) is 6.70. The third-order valence-electron chi connectivity index (χ3n) is 3.67. The van der Waals surface area contributed by atoms with Crippen LogP contribution in [0.3, 0.4) is 0 Å². The van der Waals surface area contributed by atoms with E-state index in [0.29, 0.717) is 34.9 Å². The van der Waals surface area contributed by atoms with E-state index < -0.39 is 10.2 Å². The molecule has 0 saturated heterocycles. The van der Waals surface area contributed by atoms with Gasteiger partial charge in [0.2, 0.25) is 5.95 Å². The Labute approximate surface area is 133 Å². The van der Waals surface area contributed by atoms with Crippen molar-refractivity contribution in [1.82, 2.24) is 23.5 Å². The summed E-state index contributed by atoms with van der Waals surface area (Å²) in [5.41, 5.74) is 12.5. The van der Waals surface area contributed by atoms with Crippen LogP contribution < -0.4 is 11.5 Å². The van der Waals surface area contributed by atoms with Gasteiger partial charge in [-0.25, -0.2) is 4.98 Å². The lowest BCUT2D eigenvalue weighted by Gasteiger charge is -2.18. The van der Waals surface area contributed by atoms with Gasteiger partial charge in [0.1, 0.15) is 5.82 Å². The van der Waals surface area contributed by atoms with Gasteiger partial charge < -0.3 is 11.5 Å². The van der Waals surface area contributed by atoms with Crippen molar-refractivity contribution in [2.24, 2.45) is 0 Å². The first-order valence-electron chi connectivity index (χ1n) is 7.10. The van der Waals surface area contributed by atoms with E-state index in [2.05, 4.69) is 15.1 Å². The fraction of sp³-hybridized carbons (Fsp3) is 0.308. The van der Waals surface area contributed by atoms with Crippen LogP contribution in [0.4, 0.5) is 11.8 Å². The second-order valence-electron chi connectivity index (χ2n) is 4.94. The number of benzene rings is 1. The summed E-state index contributed by atoms with van der Waals surface area (Å²) in [7, 11) is -3.74. The molecule has 0 atom stereocenters. The standard InChI is InChI=1S/C13H17N7O2S/c1-3-19(4-2)23(21,22)20-10-6-5-9-11(8(10)7-16-20)12(14)18-13(15)17-9/h5-7H,3-4H2,1-2H3,(H4,14,15,17,18). The third kappa shape index (κ3) is 2.26. The molecule has 1 aromatic carbocycles. The molecule has 0 bridgehead atoms. The van der Waals surface area contributed by atoms with E-state index >= 15 is 0 Å². The van der Waals surface area contributed by atoms with Crippen LogP contribution in [0.25, 0.3) is 21.8 Å². The third-order valence-corrected chi connectivity index (χ3v) is 5.57. The molecule has 23 heavy (non-hydrogen) atoms. The van der Waals surface area contributed by atoms with Crippen LogP contribution in [0.1, 0.15) is 13.8 Å². The zero-order chi connectivity index (χ0) is 16.8. The minimum atomic E-state index is -3.74. The van der Waals surface area contributed by atoms with Crippen LogP contribution in [0.15, 0.2) is 18.3 Å². The summed E-state index contributed by atoms with van der Waals surface area (Å²) in [6.45, 7) is 4.26. The number of rotatable bonds is 4. The van der Waals surface area contributed by atoms with E-state index in [1.54, 1.807) is 26.0 Å². The molecule has 10 heteroatoms. The molecule has 3 aromatic rings. The topological polar surface area (TPSA) is 133 Å². The normalized spacial score (nSPS) is 12.5. The van der Waals surface area contributed by atoms with E-state index in [-0.39, 0.29) is 11.8 Å². The molecule has 0 unspecified atom stereocenters. The molecule has 9 nitrogen and oxygen atoms in total. The molecular weight excluding hydrogens is 318 g/mol. The number of anilines is 2. The van der Waals surface area contributed by atoms with Gasteiger partial charge in [-0.2, -0.15) is 22.8 Å². The van der Waals surface area contributed by atoms with Crippen LogP contribution in [0.5, 0.6) is 0 Å². The van der Waals surface area contributed by atoms with Gasteiger partial charge in [-0.1, -0.05) is 13.8 Å². The van der Waals surface area contributed by atoms with Gasteiger partial charge in [0, 0.05) is 18.5 Å². The predicted molar refractivity (Wildman–Crippen MR) is 88.9 cm³/mol. The van der Waals surface area contributed by atoms with Crippen molar-refractivity contribution >= 4 is 43.8 Å². The SMILES string of the molecule is CCN(CC)S(=O)(=O)n1ncc2c3c(N)nc(N)nc3ccc21. The first kappa shape index (κ1) is 15.4. The molecule has 0 aliphatic heterocycles. The summed E-state index contributed by atoms with van der Waals surface area (Å²) in [6, 6.07) is 3.29. The van der Waals surface area contributed by atoms with Gasteiger partial charge >= 0.3 is 10.2 Å². The summed E-state index contributed by atoms with van der Waals surface area (Å²) >= 11 is 0. The molecule has 2 aromatic heterocycles. The first-order valence-corrected chi connectivity index (χ1v) is 8.50. The Kier molecular flexibility index (Phi) is 3.57. The average molecular weight is 335 g/mol. The van der Waals surface area contributed by atoms with E-state index in [9.17, 15) is 8.42 Å². The maximum atomic E-state index is 12.7. The summed E-state index contributed by atoms with van der Waals surface area (Å²) in [5.74, 6) is 0.260. The highest BCUT2D eigenvalue weighted by molar-refractivity contribution is 7.87. The zero-order valence-corrected chi connectivity index (χ0v) is 13.6. The quantitative estimate of drug-likeness (QED) is 0.712. The molecule has 2 heterocycles. The molecule has 3 rings (SSSR count). The average Bonchev–Trinajstić information content (AvgIpc) is 2.92. The maximum Gasteiger partial charge on any atom is 0.323 e. The molecule has 0 radical (unpaired) electrons. The first-order chi connectivity index (χ1) is 10.9. The van der Waals surface area contributed by atoms with Crippen molar-refractivity contribution in [3.63, 3.8) is 0 Å². The molecular formula is C13H17N7O2S. The van der Waals surface area contributed by atoms with Crippen molar-refractivity contribution in [1.29, 1.82) is 0 Å². The molecule has 0 spiro atoms. The highest BCUT2D eigenvalue weighted by atomic mass is 32.2. The van der Waals surface area contributed by atoms with E-state index in [0.717, 1.165) is 4.09 Å². The summed E-state index contributed by atoms with van der Waals surface area (Å²) < 4.78 is 27.7.